The number of hydrogen-bond donors (Lipinski definition) is 1. The molecule has 4 nitrogen and oxygen atoms in total. The Labute approximate surface area is 102 Å². The van der Waals surface area contributed by atoms with Crippen LogP contribution >= 0.6 is 0 Å². The Bertz CT molecular complexity index is 367. The molecule has 1 saturated heterocycles. The predicted octanol–water partition coefficient (Wildman–Crippen LogP) is 0.886. The summed E-state index contributed by atoms with van der Waals surface area (Å²) in [7, 11) is 1.66. The molecule has 0 unspecified atom stereocenters. The van der Waals surface area contributed by atoms with Crippen LogP contribution in [0.1, 0.15) is 6.42 Å². The lowest BCUT2D eigenvalue weighted by Crippen LogP contribution is -2.35. The van der Waals surface area contributed by atoms with E-state index in [1.165, 1.54) is 0 Å². The number of hydrogen-bond acceptors (Lipinski definition) is 3. The second kappa shape index (κ2) is 5.68. The zero-order valence-electron chi connectivity index (χ0n) is 10.1. The Hall–Kier alpha value is -1.55. The molecule has 1 aliphatic heterocycles. The molecule has 0 aliphatic carbocycles. The van der Waals surface area contributed by atoms with Gasteiger partial charge in [-0.3, -0.25) is 9.69 Å². The van der Waals surface area contributed by atoms with E-state index in [1.807, 2.05) is 30.3 Å². The Morgan fingerprint density at radius 3 is 2.94 bits per heavy atom. The number of para-hydroxylation sites is 1. The van der Waals surface area contributed by atoms with Gasteiger partial charge in [-0.05, 0) is 18.6 Å². The lowest BCUT2D eigenvalue weighted by molar-refractivity contribution is -0.121. The first-order valence-electron chi connectivity index (χ1n) is 5.92. The summed E-state index contributed by atoms with van der Waals surface area (Å²) in [5.74, 6) is 0.963. The van der Waals surface area contributed by atoms with E-state index in [0.717, 1.165) is 25.3 Å². The highest BCUT2D eigenvalue weighted by Crippen LogP contribution is 2.17. The van der Waals surface area contributed by atoms with Crippen LogP contribution in [0, 0.1) is 0 Å². The first-order valence-corrected chi connectivity index (χ1v) is 5.92. The minimum absolute atomic E-state index is 0.0605. The van der Waals surface area contributed by atoms with Crippen molar-refractivity contribution in [2.45, 2.75) is 12.5 Å². The van der Waals surface area contributed by atoms with Crippen molar-refractivity contribution in [3.8, 4) is 5.75 Å². The maximum atomic E-state index is 11.2. The van der Waals surface area contributed by atoms with Gasteiger partial charge >= 0.3 is 0 Å². The number of likely N-dealkylation sites (tertiary alicyclic amines) is 1. The summed E-state index contributed by atoms with van der Waals surface area (Å²) < 4.78 is 5.85. The van der Waals surface area contributed by atoms with Gasteiger partial charge in [0.15, 0.2) is 0 Å². The molecule has 1 heterocycles. The van der Waals surface area contributed by atoms with E-state index in [2.05, 4.69) is 10.2 Å². The third-order valence-corrected chi connectivity index (χ3v) is 2.92. The molecule has 1 atom stereocenters. The summed E-state index contributed by atoms with van der Waals surface area (Å²) in [4.78, 5) is 13.4. The molecule has 0 bridgehead atoms. The highest BCUT2D eigenvalue weighted by molar-refractivity contribution is 5.77. The molecular formula is C13H18N2O2. The van der Waals surface area contributed by atoms with Gasteiger partial charge in [-0.25, -0.2) is 0 Å². The average Bonchev–Trinajstić information content (AvgIpc) is 2.77. The highest BCUT2D eigenvalue weighted by atomic mass is 16.5. The number of benzene rings is 1. The van der Waals surface area contributed by atoms with Crippen LogP contribution in [0.4, 0.5) is 0 Å². The number of ether oxygens (including phenoxy) is 1. The molecule has 1 amide bonds. The molecule has 1 fully saturated rings. The molecule has 0 radical (unpaired) electrons. The second-order valence-electron chi connectivity index (χ2n) is 4.25. The normalized spacial score (nSPS) is 20.2. The zero-order valence-corrected chi connectivity index (χ0v) is 10.1. The molecule has 92 valence electrons. The Kier molecular flexibility index (Phi) is 3.98. The lowest BCUT2D eigenvalue weighted by atomic mass is 10.3. The van der Waals surface area contributed by atoms with Gasteiger partial charge in [-0.2, -0.15) is 0 Å². The van der Waals surface area contributed by atoms with Gasteiger partial charge in [0.05, 0.1) is 6.54 Å². The molecule has 0 saturated carbocycles. The molecule has 1 aliphatic rings. The Morgan fingerprint density at radius 1 is 1.47 bits per heavy atom. The lowest BCUT2D eigenvalue weighted by Gasteiger charge is -2.15. The van der Waals surface area contributed by atoms with Crippen LogP contribution in [0.25, 0.3) is 0 Å². The number of nitrogens with one attached hydrogen (secondary N) is 1. The summed E-state index contributed by atoms with van der Waals surface area (Å²) in [5.41, 5.74) is 0. The SMILES string of the molecule is CNC(=O)CN1CC[C@@H](Oc2ccccc2)C1. The van der Waals surface area contributed by atoms with Gasteiger partial charge in [0.1, 0.15) is 11.9 Å². The minimum Gasteiger partial charge on any atom is -0.489 e. The number of carbonyl (C=O) groups is 1. The van der Waals surface area contributed by atoms with E-state index < -0.39 is 0 Å². The zero-order chi connectivity index (χ0) is 12.1. The molecule has 1 aromatic rings. The second-order valence-corrected chi connectivity index (χ2v) is 4.25. The van der Waals surface area contributed by atoms with Crippen molar-refractivity contribution in [2.24, 2.45) is 0 Å². The number of nitrogens with zero attached hydrogens (tertiary/aromatic N) is 1. The smallest absolute Gasteiger partial charge is 0.233 e. The fourth-order valence-corrected chi connectivity index (χ4v) is 2.01. The van der Waals surface area contributed by atoms with E-state index in [0.29, 0.717) is 6.54 Å². The Morgan fingerprint density at radius 2 is 2.24 bits per heavy atom. The summed E-state index contributed by atoms with van der Waals surface area (Å²) in [6, 6.07) is 9.82. The number of rotatable bonds is 4. The molecule has 0 spiro atoms. The number of carbonyl (C=O) groups excluding carboxylic acids is 1. The van der Waals surface area contributed by atoms with Crippen LogP contribution in [0.3, 0.4) is 0 Å². The third-order valence-electron chi connectivity index (χ3n) is 2.92. The average molecular weight is 234 g/mol. The van der Waals surface area contributed by atoms with E-state index in [4.69, 9.17) is 4.74 Å². The van der Waals surface area contributed by atoms with Crippen molar-refractivity contribution in [1.82, 2.24) is 10.2 Å². The quantitative estimate of drug-likeness (QED) is 0.841. The maximum Gasteiger partial charge on any atom is 0.233 e. The largest absolute Gasteiger partial charge is 0.489 e. The van der Waals surface area contributed by atoms with Crippen LogP contribution < -0.4 is 10.1 Å². The van der Waals surface area contributed by atoms with Crippen molar-refractivity contribution in [1.29, 1.82) is 0 Å². The van der Waals surface area contributed by atoms with Crippen LogP contribution in [-0.2, 0) is 4.79 Å². The predicted molar refractivity (Wildman–Crippen MR) is 66.0 cm³/mol. The van der Waals surface area contributed by atoms with Crippen LogP contribution in [0.15, 0.2) is 30.3 Å². The van der Waals surface area contributed by atoms with Crippen LogP contribution in [0.5, 0.6) is 5.75 Å². The van der Waals surface area contributed by atoms with E-state index >= 15 is 0 Å². The topological polar surface area (TPSA) is 41.6 Å². The van der Waals surface area contributed by atoms with Gasteiger partial charge in [-0.15, -0.1) is 0 Å². The molecule has 1 N–H and O–H groups in total. The maximum absolute atomic E-state index is 11.2. The first kappa shape index (κ1) is 11.9. The summed E-state index contributed by atoms with van der Waals surface area (Å²) in [6.45, 7) is 2.21. The fraction of sp³-hybridized carbons (Fsp3) is 0.462. The summed E-state index contributed by atoms with van der Waals surface area (Å²) in [6.07, 6.45) is 1.17. The van der Waals surface area contributed by atoms with Crippen LogP contribution in [-0.4, -0.2) is 43.6 Å². The van der Waals surface area contributed by atoms with E-state index in [1.54, 1.807) is 7.05 Å². The molecular weight excluding hydrogens is 216 g/mol. The van der Waals surface area contributed by atoms with Gasteiger partial charge < -0.3 is 10.1 Å². The minimum atomic E-state index is 0.0605. The van der Waals surface area contributed by atoms with Crippen molar-refractivity contribution in [3.63, 3.8) is 0 Å². The van der Waals surface area contributed by atoms with Gasteiger partial charge in [0.25, 0.3) is 0 Å². The number of likely N-dealkylation sites (N-methyl/N-ethyl adjacent to an activating group) is 1. The molecule has 2 rings (SSSR count). The standard InChI is InChI=1S/C13H18N2O2/c1-14-13(16)10-15-8-7-12(9-15)17-11-5-3-2-4-6-11/h2-6,12H,7-10H2,1H3,(H,14,16)/t12-/m1/s1. The molecule has 17 heavy (non-hydrogen) atoms. The van der Waals surface area contributed by atoms with Gasteiger partial charge in [0, 0.05) is 20.1 Å². The van der Waals surface area contributed by atoms with Crippen molar-refractivity contribution >= 4 is 5.91 Å². The molecule has 1 aromatic carbocycles. The van der Waals surface area contributed by atoms with Crippen LogP contribution in [0.2, 0.25) is 0 Å². The van der Waals surface area contributed by atoms with Gasteiger partial charge in [-0.1, -0.05) is 18.2 Å². The third kappa shape index (κ3) is 3.46. The first-order chi connectivity index (χ1) is 8.28. The Balaban J connectivity index is 1.80. The van der Waals surface area contributed by atoms with Crippen molar-refractivity contribution in [3.05, 3.63) is 30.3 Å². The fourth-order valence-electron chi connectivity index (χ4n) is 2.01. The summed E-state index contributed by atoms with van der Waals surface area (Å²) >= 11 is 0. The van der Waals surface area contributed by atoms with Crippen molar-refractivity contribution in [2.75, 3.05) is 26.7 Å². The highest BCUT2D eigenvalue weighted by Gasteiger charge is 2.24. The van der Waals surface area contributed by atoms with Crippen molar-refractivity contribution < 1.29 is 9.53 Å². The summed E-state index contributed by atoms with van der Waals surface area (Å²) in [5, 5.41) is 2.63. The van der Waals surface area contributed by atoms with Gasteiger partial charge in [0.2, 0.25) is 5.91 Å². The molecule has 0 aromatic heterocycles. The molecule has 4 heteroatoms. The van der Waals surface area contributed by atoms with E-state index in [9.17, 15) is 4.79 Å². The monoisotopic (exact) mass is 234 g/mol. The number of amides is 1. The van der Waals surface area contributed by atoms with E-state index in [-0.39, 0.29) is 12.0 Å².